The Hall–Kier alpha value is -2.04. The van der Waals surface area contributed by atoms with Crippen LogP contribution in [0.1, 0.15) is 38.7 Å². The molecule has 0 fully saturated rings. The topological polar surface area (TPSA) is 87.7 Å². The van der Waals surface area contributed by atoms with Crippen molar-refractivity contribution in [1.29, 1.82) is 0 Å². The van der Waals surface area contributed by atoms with Crippen LogP contribution in [0.5, 0.6) is 0 Å². The average molecular weight is 277 g/mol. The summed E-state index contributed by atoms with van der Waals surface area (Å²) in [4.78, 5) is 12.4. The van der Waals surface area contributed by atoms with Gasteiger partial charge in [0.05, 0.1) is 0 Å². The fourth-order valence-electron chi connectivity index (χ4n) is 1.96. The van der Waals surface area contributed by atoms with Crippen LogP contribution in [0.15, 0.2) is 35.5 Å². The van der Waals surface area contributed by atoms with Crippen molar-refractivity contribution in [3.8, 4) is 0 Å². The number of nitrogens with one attached hydrogen (secondary N) is 1. The molecule has 0 bridgehead atoms. The molecule has 1 aromatic carbocycles. The van der Waals surface area contributed by atoms with Crippen LogP contribution in [0.2, 0.25) is 0 Å². The van der Waals surface area contributed by atoms with Gasteiger partial charge in [0.25, 0.3) is 0 Å². The summed E-state index contributed by atoms with van der Waals surface area (Å²) >= 11 is 0. The Balaban J connectivity index is 2.93. The Morgan fingerprint density at radius 1 is 1.35 bits per heavy atom. The summed E-state index contributed by atoms with van der Waals surface area (Å²) in [6.07, 6.45) is 0.973. The molecule has 3 atom stereocenters. The van der Waals surface area contributed by atoms with Gasteiger partial charge in [0.15, 0.2) is 5.84 Å². The first-order valence-corrected chi connectivity index (χ1v) is 6.84. The number of carbonyl (C=O) groups excluding carboxylic acids is 1. The van der Waals surface area contributed by atoms with Crippen LogP contribution < -0.4 is 11.1 Å². The summed E-state index contributed by atoms with van der Waals surface area (Å²) < 4.78 is 0. The molecule has 0 aliphatic heterocycles. The first-order chi connectivity index (χ1) is 9.51. The highest BCUT2D eigenvalue weighted by Gasteiger charge is 2.27. The van der Waals surface area contributed by atoms with Gasteiger partial charge in [-0.3, -0.25) is 4.79 Å². The number of oxime groups is 1. The normalized spacial score (nSPS) is 16.2. The lowest BCUT2D eigenvalue weighted by Gasteiger charge is -2.23. The van der Waals surface area contributed by atoms with E-state index in [1.165, 1.54) is 0 Å². The number of nitrogens with zero attached hydrogens (tertiary/aromatic N) is 1. The van der Waals surface area contributed by atoms with Gasteiger partial charge in [-0.2, -0.15) is 0 Å². The first kappa shape index (κ1) is 16.0. The molecule has 5 nitrogen and oxygen atoms in total. The van der Waals surface area contributed by atoms with Gasteiger partial charge >= 0.3 is 0 Å². The molecule has 0 heterocycles. The van der Waals surface area contributed by atoms with E-state index >= 15 is 0 Å². The fraction of sp³-hybridized carbons (Fsp3) is 0.467. The van der Waals surface area contributed by atoms with Crippen molar-refractivity contribution in [2.75, 3.05) is 0 Å². The first-order valence-electron chi connectivity index (χ1n) is 6.84. The largest absolute Gasteiger partial charge is 0.409 e. The Bertz CT molecular complexity index is 459. The van der Waals surface area contributed by atoms with Gasteiger partial charge in [-0.25, -0.2) is 0 Å². The van der Waals surface area contributed by atoms with Crippen molar-refractivity contribution in [3.63, 3.8) is 0 Å². The van der Waals surface area contributed by atoms with Gasteiger partial charge in [-0.05, 0) is 18.4 Å². The van der Waals surface area contributed by atoms with Crippen molar-refractivity contribution >= 4 is 11.7 Å². The molecular formula is C15H23N3O2. The van der Waals surface area contributed by atoms with Gasteiger partial charge in [0.2, 0.25) is 5.91 Å². The van der Waals surface area contributed by atoms with E-state index in [1.807, 2.05) is 25.1 Å². The zero-order valence-electron chi connectivity index (χ0n) is 12.2. The molecule has 1 rings (SSSR count). The monoisotopic (exact) mass is 277 g/mol. The third-order valence-electron chi connectivity index (χ3n) is 3.67. The Labute approximate surface area is 119 Å². The number of amidine groups is 1. The molecule has 4 N–H and O–H groups in total. The van der Waals surface area contributed by atoms with E-state index < -0.39 is 5.92 Å². The van der Waals surface area contributed by atoms with Crippen molar-refractivity contribution < 1.29 is 10.0 Å². The molecule has 1 aromatic rings. The molecule has 0 aliphatic rings. The van der Waals surface area contributed by atoms with Gasteiger partial charge in [0, 0.05) is 6.04 Å². The number of amides is 1. The van der Waals surface area contributed by atoms with Gasteiger partial charge < -0.3 is 16.3 Å². The molecule has 110 valence electrons. The highest BCUT2D eigenvalue weighted by molar-refractivity contribution is 6.07. The van der Waals surface area contributed by atoms with E-state index in [2.05, 4.69) is 24.3 Å². The SMILES string of the molecule is CCC(C)C(C)NC(=O)C(C(N)=NO)c1ccccc1. The summed E-state index contributed by atoms with van der Waals surface area (Å²) in [7, 11) is 0. The van der Waals surface area contributed by atoms with Gasteiger partial charge in [0.1, 0.15) is 5.92 Å². The van der Waals surface area contributed by atoms with E-state index in [1.54, 1.807) is 12.1 Å². The van der Waals surface area contributed by atoms with Crippen LogP contribution in [0.4, 0.5) is 0 Å². The summed E-state index contributed by atoms with van der Waals surface area (Å²) in [6, 6.07) is 9.10. The molecule has 20 heavy (non-hydrogen) atoms. The van der Waals surface area contributed by atoms with Gasteiger partial charge in [-0.15, -0.1) is 0 Å². The Morgan fingerprint density at radius 3 is 2.45 bits per heavy atom. The standard InChI is InChI=1S/C15H23N3O2/c1-4-10(2)11(3)17-15(19)13(14(16)18-20)12-8-6-5-7-9-12/h5-11,13,20H,4H2,1-3H3,(H2,16,18)(H,17,19). The fourth-order valence-corrected chi connectivity index (χ4v) is 1.96. The quantitative estimate of drug-likeness (QED) is 0.322. The maximum Gasteiger partial charge on any atom is 0.235 e. The lowest BCUT2D eigenvalue weighted by Crippen LogP contribution is -2.43. The van der Waals surface area contributed by atoms with E-state index in [0.717, 1.165) is 6.42 Å². The number of nitrogens with two attached hydrogens (primary N) is 1. The molecule has 0 saturated heterocycles. The number of rotatable bonds is 6. The van der Waals surface area contributed by atoms with E-state index in [4.69, 9.17) is 10.9 Å². The maximum absolute atomic E-state index is 12.4. The van der Waals surface area contributed by atoms with Crippen LogP contribution in [0.25, 0.3) is 0 Å². The van der Waals surface area contributed by atoms with Crippen LogP contribution in [-0.4, -0.2) is 23.0 Å². The van der Waals surface area contributed by atoms with Crippen molar-refractivity contribution in [2.45, 2.75) is 39.2 Å². The van der Waals surface area contributed by atoms with E-state index in [9.17, 15) is 4.79 Å². The molecule has 0 aliphatic carbocycles. The zero-order valence-corrected chi connectivity index (χ0v) is 12.2. The summed E-state index contributed by atoms with van der Waals surface area (Å²) in [6.45, 7) is 6.11. The van der Waals surface area contributed by atoms with Crippen LogP contribution >= 0.6 is 0 Å². The second-order valence-corrected chi connectivity index (χ2v) is 5.05. The predicted molar refractivity (Wildman–Crippen MR) is 79.7 cm³/mol. The average Bonchev–Trinajstić information content (AvgIpc) is 2.47. The minimum absolute atomic E-state index is 0.0326. The highest BCUT2D eigenvalue weighted by atomic mass is 16.4. The lowest BCUT2D eigenvalue weighted by molar-refractivity contribution is -0.122. The number of carbonyl (C=O) groups is 1. The summed E-state index contributed by atoms with van der Waals surface area (Å²) in [5, 5.41) is 14.8. The minimum Gasteiger partial charge on any atom is -0.409 e. The van der Waals surface area contributed by atoms with Gasteiger partial charge in [-0.1, -0.05) is 55.8 Å². The molecule has 5 heteroatoms. The highest BCUT2D eigenvalue weighted by Crippen LogP contribution is 2.17. The second kappa shape index (κ2) is 7.53. The van der Waals surface area contributed by atoms with Crippen LogP contribution in [-0.2, 0) is 4.79 Å². The zero-order chi connectivity index (χ0) is 15.1. The van der Waals surface area contributed by atoms with Crippen LogP contribution in [0, 0.1) is 5.92 Å². The summed E-state index contributed by atoms with van der Waals surface area (Å²) in [5.74, 6) is -0.764. The second-order valence-electron chi connectivity index (χ2n) is 5.05. The molecule has 0 aromatic heterocycles. The molecule has 0 spiro atoms. The smallest absolute Gasteiger partial charge is 0.235 e. The number of hydrogen-bond donors (Lipinski definition) is 3. The maximum atomic E-state index is 12.4. The predicted octanol–water partition coefficient (Wildman–Crippen LogP) is 2.07. The molecule has 0 saturated carbocycles. The minimum atomic E-state index is -0.771. The van der Waals surface area contributed by atoms with Crippen molar-refractivity contribution in [1.82, 2.24) is 5.32 Å². The number of benzene rings is 1. The number of hydrogen-bond acceptors (Lipinski definition) is 3. The molecular weight excluding hydrogens is 254 g/mol. The summed E-state index contributed by atoms with van der Waals surface area (Å²) in [5.41, 5.74) is 6.38. The van der Waals surface area contributed by atoms with E-state index in [0.29, 0.717) is 11.5 Å². The lowest BCUT2D eigenvalue weighted by atomic mass is 9.95. The van der Waals surface area contributed by atoms with E-state index in [-0.39, 0.29) is 17.8 Å². The third kappa shape index (κ3) is 3.98. The molecule has 3 unspecified atom stereocenters. The van der Waals surface area contributed by atoms with Crippen molar-refractivity contribution in [2.24, 2.45) is 16.8 Å². The molecule has 1 amide bonds. The Morgan fingerprint density at radius 2 is 1.95 bits per heavy atom. The Kier molecular flexibility index (Phi) is 6.03. The molecule has 0 radical (unpaired) electrons. The third-order valence-corrected chi connectivity index (χ3v) is 3.67. The van der Waals surface area contributed by atoms with Crippen LogP contribution in [0.3, 0.4) is 0 Å². The van der Waals surface area contributed by atoms with Crippen molar-refractivity contribution in [3.05, 3.63) is 35.9 Å².